The SMILES string of the molecule is CCCCC(=O)O[C@@H]1C(NC(C)=O)[C@H](COC[C@@H]2C(CO)O[C@@H](O)C(NC(C)=O)[C@H]2O)OC(CO)[C@H]1COC[C@@H]1OC(CO)[C@@H](O)[C@H](O)C1NC(C)=O. The molecule has 20 heteroatoms. The first-order valence-electron chi connectivity index (χ1n) is 17.8. The summed E-state index contributed by atoms with van der Waals surface area (Å²) in [5, 5.41) is 80.0. The van der Waals surface area contributed by atoms with Crippen molar-refractivity contribution in [2.24, 2.45) is 11.8 Å². The molecular formula is C33H57N3O17. The molecule has 6 unspecified atom stereocenters. The van der Waals surface area contributed by atoms with Crippen molar-refractivity contribution in [2.45, 2.75) is 126 Å². The molecule has 3 amide bonds. The fourth-order valence-electron chi connectivity index (χ4n) is 6.91. The molecule has 0 saturated carbocycles. The number of ether oxygens (including phenoxy) is 6. The molecule has 306 valence electrons. The third-order valence-electron chi connectivity index (χ3n) is 9.59. The summed E-state index contributed by atoms with van der Waals surface area (Å²) < 4.78 is 35.2. The fourth-order valence-corrected chi connectivity index (χ4v) is 6.91. The molecule has 0 bridgehead atoms. The van der Waals surface area contributed by atoms with Crippen LogP contribution in [0.5, 0.6) is 0 Å². The summed E-state index contributed by atoms with van der Waals surface area (Å²) >= 11 is 0. The Kier molecular flexibility index (Phi) is 18.2. The summed E-state index contributed by atoms with van der Waals surface area (Å²) in [6.07, 6.45) is -11.3. The van der Waals surface area contributed by atoms with E-state index < -0.39 is 135 Å². The number of hydrogen-bond acceptors (Lipinski definition) is 17. The van der Waals surface area contributed by atoms with Crippen LogP contribution in [-0.4, -0.2) is 185 Å². The summed E-state index contributed by atoms with van der Waals surface area (Å²) in [5.41, 5.74) is 0. The van der Waals surface area contributed by atoms with Crippen molar-refractivity contribution in [3.63, 3.8) is 0 Å². The topological polar surface area (TPSA) is 301 Å². The summed E-state index contributed by atoms with van der Waals surface area (Å²) in [4.78, 5) is 49.1. The Morgan fingerprint density at radius 3 is 1.62 bits per heavy atom. The van der Waals surface area contributed by atoms with Crippen LogP contribution in [0.15, 0.2) is 0 Å². The Morgan fingerprint density at radius 2 is 1.08 bits per heavy atom. The minimum Gasteiger partial charge on any atom is -0.460 e. The number of esters is 1. The second-order valence-corrected chi connectivity index (χ2v) is 13.7. The summed E-state index contributed by atoms with van der Waals surface area (Å²) in [7, 11) is 0. The number of unbranched alkanes of at least 4 members (excludes halogenated alkanes) is 1. The van der Waals surface area contributed by atoms with E-state index in [1.54, 1.807) is 0 Å². The minimum absolute atomic E-state index is 0.0552. The third kappa shape index (κ3) is 12.2. The van der Waals surface area contributed by atoms with Gasteiger partial charge in [0.1, 0.15) is 42.7 Å². The zero-order valence-electron chi connectivity index (χ0n) is 30.4. The second-order valence-electron chi connectivity index (χ2n) is 13.7. The molecule has 3 aliphatic heterocycles. The van der Waals surface area contributed by atoms with Gasteiger partial charge in [-0.25, -0.2) is 0 Å². The van der Waals surface area contributed by atoms with Gasteiger partial charge in [-0.15, -0.1) is 0 Å². The van der Waals surface area contributed by atoms with Crippen LogP contribution in [0, 0.1) is 11.8 Å². The van der Waals surface area contributed by atoms with Crippen LogP contribution >= 0.6 is 0 Å². The van der Waals surface area contributed by atoms with Crippen LogP contribution < -0.4 is 16.0 Å². The Hall–Kier alpha value is -2.60. The molecule has 3 saturated heterocycles. The highest BCUT2D eigenvalue weighted by molar-refractivity contribution is 5.74. The van der Waals surface area contributed by atoms with Crippen molar-refractivity contribution in [1.82, 2.24) is 16.0 Å². The first-order valence-corrected chi connectivity index (χ1v) is 17.8. The lowest BCUT2D eigenvalue weighted by Gasteiger charge is -2.47. The van der Waals surface area contributed by atoms with E-state index in [9.17, 15) is 54.9 Å². The first-order chi connectivity index (χ1) is 25.2. The molecule has 0 spiro atoms. The van der Waals surface area contributed by atoms with Crippen molar-refractivity contribution in [3.05, 3.63) is 0 Å². The molecule has 0 radical (unpaired) electrons. The number of rotatable bonds is 18. The van der Waals surface area contributed by atoms with Gasteiger partial charge < -0.3 is 80.1 Å². The molecule has 3 fully saturated rings. The van der Waals surface area contributed by atoms with Crippen LogP contribution in [0.3, 0.4) is 0 Å². The highest BCUT2D eigenvalue weighted by Crippen LogP contribution is 2.32. The molecule has 53 heavy (non-hydrogen) atoms. The van der Waals surface area contributed by atoms with E-state index in [2.05, 4.69) is 16.0 Å². The molecule has 0 aromatic heterocycles. The maximum absolute atomic E-state index is 13.0. The van der Waals surface area contributed by atoms with Gasteiger partial charge in [0.05, 0.1) is 82.6 Å². The molecule has 0 aromatic rings. The van der Waals surface area contributed by atoms with Gasteiger partial charge in [0, 0.05) is 33.1 Å². The van der Waals surface area contributed by atoms with Crippen LogP contribution in [0.2, 0.25) is 0 Å². The van der Waals surface area contributed by atoms with Crippen molar-refractivity contribution >= 4 is 23.7 Å². The van der Waals surface area contributed by atoms with Crippen LogP contribution in [-0.2, 0) is 47.6 Å². The molecule has 15 atom stereocenters. The Bertz CT molecular complexity index is 1180. The predicted molar refractivity (Wildman–Crippen MR) is 178 cm³/mol. The molecule has 3 heterocycles. The minimum atomic E-state index is -1.60. The molecule has 0 aromatic carbocycles. The Morgan fingerprint density at radius 1 is 0.585 bits per heavy atom. The maximum atomic E-state index is 13.0. The Labute approximate surface area is 307 Å². The number of hydrogen-bond donors (Lipinski definition) is 10. The fraction of sp³-hybridized carbons (Fsp3) is 0.879. The largest absolute Gasteiger partial charge is 0.460 e. The molecule has 10 N–H and O–H groups in total. The average molecular weight is 768 g/mol. The van der Waals surface area contributed by atoms with E-state index in [0.29, 0.717) is 12.8 Å². The van der Waals surface area contributed by atoms with Crippen LogP contribution in [0.25, 0.3) is 0 Å². The van der Waals surface area contributed by atoms with E-state index >= 15 is 0 Å². The normalized spacial score (nSPS) is 37.4. The molecule has 20 nitrogen and oxygen atoms in total. The van der Waals surface area contributed by atoms with E-state index in [0.717, 1.165) is 0 Å². The maximum Gasteiger partial charge on any atom is 0.306 e. The summed E-state index contributed by atoms with van der Waals surface area (Å²) in [5.74, 6) is -4.00. The lowest BCUT2D eigenvalue weighted by Crippen LogP contribution is -2.66. The highest BCUT2D eigenvalue weighted by Gasteiger charge is 2.50. The standard InChI is InChI=1S/C33H57N3O17/c1-5-6-7-25(43)53-32-19(12-49-13-23-26(34-15(2)40)31(46)30(45)22(10-39)51-23)21(9-38)50-24(27(32)35-16(3)41)14-48-11-18-20(8-37)52-33(47)28(29(18)44)36-17(4)42/h18-24,26-33,37-39,44-47H,5-14H2,1-4H3,(H,34,40)(H,35,41)(H,36,42)/t18-,19-,20?,21?,22?,23+,24+,26?,27?,28?,29+,30-,31-,32+,33-/m1/s1. The number of carbonyl (C=O) groups excluding carboxylic acids is 4. The Balaban J connectivity index is 1.83. The van der Waals surface area contributed by atoms with Gasteiger partial charge in [0.15, 0.2) is 6.29 Å². The zero-order chi connectivity index (χ0) is 39.4. The van der Waals surface area contributed by atoms with Gasteiger partial charge >= 0.3 is 5.97 Å². The summed E-state index contributed by atoms with van der Waals surface area (Å²) in [6.45, 7) is 2.61. The van der Waals surface area contributed by atoms with Crippen molar-refractivity contribution in [1.29, 1.82) is 0 Å². The molecule has 3 aliphatic rings. The van der Waals surface area contributed by atoms with Gasteiger partial charge in [0.2, 0.25) is 17.7 Å². The molecular weight excluding hydrogens is 710 g/mol. The van der Waals surface area contributed by atoms with E-state index in [-0.39, 0.29) is 32.8 Å². The van der Waals surface area contributed by atoms with Crippen molar-refractivity contribution in [3.8, 4) is 0 Å². The van der Waals surface area contributed by atoms with E-state index in [4.69, 9.17) is 28.4 Å². The van der Waals surface area contributed by atoms with Crippen molar-refractivity contribution in [2.75, 3.05) is 46.2 Å². The second kappa shape index (κ2) is 21.5. The van der Waals surface area contributed by atoms with Crippen LogP contribution in [0.1, 0.15) is 47.0 Å². The van der Waals surface area contributed by atoms with Gasteiger partial charge in [-0.3, -0.25) is 19.2 Å². The monoisotopic (exact) mass is 767 g/mol. The van der Waals surface area contributed by atoms with Crippen LogP contribution in [0.4, 0.5) is 0 Å². The zero-order valence-corrected chi connectivity index (χ0v) is 30.4. The lowest BCUT2D eigenvalue weighted by atomic mass is 9.85. The first kappa shape index (κ1) is 44.8. The number of nitrogens with one attached hydrogen (secondary N) is 3. The van der Waals surface area contributed by atoms with Gasteiger partial charge in [-0.05, 0) is 6.42 Å². The number of aliphatic hydroxyl groups is 7. The highest BCUT2D eigenvalue weighted by atomic mass is 16.6. The number of aliphatic hydroxyl groups excluding tert-OH is 7. The average Bonchev–Trinajstić information content (AvgIpc) is 3.10. The molecule has 3 rings (SSSR count). The summed E-state index contributed by atoms with van der Waals surface area (Å²) in [6, 6.07) is -3.39. The number of amides is 3. The van der Waals surface area contributed by atoms with E-state index in [1.807, 2.05) is 6.92 Å². The van der Waals surface area contributed by atoms with Crippen molar-refractivity contribution < 1.29 is 83.3 Å². The van der Waals surface area contributed by atoms with Gasteiger partial charge in [-0.2, -0.15) is 0 Å². The number of carbonyl (C=O) groups is 4. The van der Waals surface area contributed by atoms with Gasteiger partial charge in [-0.1, -0.05) is 13.3 Å². The quantitative estimate of drug-likeness (QED) is 0.0585. The predicted octanol–water partition coefficient (Wildman–Crippen LogP) is -4.82. The van der Waals surface area contributed by atoms with Gasteiger partial charge in [0.25, 0.3) is 0 Å². The van der Waals surface area contributed by atoms with E-state index in [1.165, 1.54) is 20.8 Å². The smallest absolute Gasteiger partial charge is 0.306 e. The third-order valence-corrected chi connectivity index (χ3v) is 9.59. The lowest BCUT2D eigenvalue weighted by molar-refractivity contribution is -0.249. The molecule has 0 aliphatic carbocycles.